The first-order valence-electron chi connectivity index (χ1n) is 9.92. The summed E-state index contributed by atoms with van der Waals surface area (Å²) in [5.74, 6) is -0.101. The van der Waals surface area contributed by atoms with E-state index in [4.69, 9.17) is 0 Å². The van der Waals surface area contributed by atoms with E-state index in [1.165, 1.54) is 5.56 Å². The van der Waals surface area contributed by atoms with Gasteiger partial charge in [0.1, 0.15) is 5.01 Å². The SMILES string of the molecule is Cc1ccc(-c2cc(C(=O)NC(C)(C)c3ccccc3)cc(-c3nccs3)c2)cc1. The molecule has 1 amide bonds. The molecule has 0 aliphatic heterocycles. The molecule has 4 aromatic rings. The molecular formula is C26H24N2OS. The molecule has 0 aliphatic rings. The second-order valence-corrected chi connectivity index (χ2v) is 8.84. The van der Waals surface area contributed by atoms with Crippen LogP contribution in [0.15, 0.2) is 84.4 Å². The zero-order valence-corrected chi connectivity index (χ0v) is 18.2. The van der Waals surface area contributed by atoms with Crippen LogP contribution < -0.4 is 5.32 Å². The predicted octanol–water partition coefficient (Wildman–Crippen LogP) is 6.45. The summed E-state index contributed by atoms with van der Waals surface area (Å²) in [6, 6.07) is 24.4. The maximum Gasteiger partial charge on any atom is 0.251 e. The molecule has 0 saturated heterocycles. The van der Waals surface area contributed by atoms with Crippen molar-refractivity contribution in [3.05, 3.63) is 101 Å². The fourth-order valence-corrected chi connectivity index (χ4v) is 4.07. The molecule has 3 aromatic carbocycles. The second-order valence-electron chi connectivity index (χ2n) is 7.95. The number of carbonyl (C=O) groups excluding carboxylic acids is 1. The lowest BCUT2D eigenvalue weighted by atomic mass is 9.93. The van der Waals surface area contributed by atoms with Crippen LogP contribution in [0.25, 0.3) is 21.7 Å². The lowest BCUT2D eigenvalue weighted by Gasteiger charge is -2.27. The van der Waals surface area contributed by atoms with Gasteiger partial charge in [-0.15, -0.1) is 11.3 Å². The number of aryl methyl sites for hydroxylation is 1. The first kappa shape index (κ1) is 20.0. The average molecular weight is 413 g/mol. The van der Waals surface area contributed by atoms with Crippen molar-refractivity contribution in [2.75, 3.05) is 0 Å². The molecular weight excluding hydrogens is 388 g/mol. The first-order valence-corrected chi connectivity index (χ1v) is 10.8. The number of nitrogens with one attached hydrogen (secondary N) is 1. The lowest BCUT2D eigenvalue weighted by Crippen LogP contribution is -2.41. The molecule has 4 rings (SSSR count). The molecule has 0 spiro atoms. The van der Waals surface area contributed by atoms with E-state index >= 15 is 0 Å². The molecule has 0 radical (unpaired) electrons. The summed E-state index contributed by atoms with van der Waals surface area (Å²) in [6.07, 6.45) is 1.79. The highest BCUT2D eigenvalue weighted by atomic mass is 32.1. The smallest absolute Gasteiger partial charge is 0.251 e. The zero-order chi connectivity index (χ0) is 21.1. The summed E-state index contributed by atoms with van der Waals surface area (Å²) >= 11 is 1.57. The van der Waals surface area contributed by atoms with Gasteiger partial charge in [0.25, 0.3) is 5.91 Å². The topological polar surface area (TPSA) is 42.0 Å². The molecule has 3 nitrogen and oxygen atoms in total. The van der Waals surface area contributed by atoms with Crippen molar-refractivity contribution in [1.29, 1.82) is 0 Å². The maximum atomic E-state index is 13.3. The van der Waals surface area contributed by atoms with E-state index < -0.39 is 5.54 Å². The van der Waals surface area contributed by atoms with Crippen molar-refractivity contribution in [3.63, 3.8) is 0 Å². The number of hydrogen-bond donors (Lipinski definition) is 1. The fourth-order valence-electron chi connectivity index (χ4n) is 3.44. The number of carbonyl (C=O) groups is 1. The van der Waals surface area contributed by atoms with Crippen molar-refractivity contribution < 1.29 is 4.79 Å². The number of benzene rings is 3. The number of rotatable bonds is 5. The molecule has 4 heteroatoms. The van der Waals surface area contributed by atoms with Crippen molar-refractivity contribution in [2.45, 2.75) is 26.3 Å². The molecule has 30 heavy (non-hydrogen) atoms. The van der Waals surface area contributed by atoms with Gasteiger partial charge in [0.05, 0.1) is 5.54 Å². The summed E-state index contributed by atoms with van der Waals surface area (Å²) < 4.78 is 0. The molecule has 0 saturated carbocycles. The van der Waals surface area contributed by atoms with Gasteiger partial charge in [-0.25, -0.2) is 4.98 Å². The van der Waals surface area contributed by atoms with Crippen LogP contribution in [0.4, 0.5) is 0 Å². The van der Waals surface area contributed by atoms with Crippen LogP contribution in [0.1, 0.15) is 35.3 Å². The Bertz CT molecular complexity index is 1150. The third-order valence-corrected chi connectivity index (χ3v) is 6.00. The minimum Gasteiger partial charge on any atom is -0.343 e. The van der Waals surface area contributed by atoms with Gasteiger partial charge in [-0.3, -0.25) is 4.79 Å². The third-order valence-electron chi connectivity index (χ3n) is 5.18. The summed E-state index contributed by atoms with van der Waals surface area (Å²) in [5, 5.41) is 6.05. The van der Waals surface area contributed by atoms with Crippen LogP contribution in [0.5, 0.6) is 0 Å². The summed E-state index contributed by atoms with van der Waals surface area (Å²) in [4.78, 5) is 17.7. The van der Waals surface area contributed by atoms with Crippen LogP contribution in [0.2, 0.25) is 0 Å². The molecule has 0 unspecified atom stereocenters. The van der Waals surface area contributed by atoms with Gasteiger partial charge in [-0.1, -0.05) is 60.2 Å². The fraction of sp³-hybridized carbons (Fsp3) is 0.154. The van der Waals surface area contributed by atoms with Gasteiger partial charge in [-0.2, -0.15) is 0 Å². The van der Waals surface area contributed by atoms with E-state index in [0.717, 1.165) is 27.3 Å². The van der Waals surface area contributed by atoms with Crippen molar-refractivity contribution in [1.82, 2.24) is 10.3 Å². The van der Waals surface area contributed by atoms with Crippen LogP contribution in [0, 0.1) is 6.92 Å². The van der Waals surface area contributed by atoms with E-state index in [1.54, 1.807) is 17.5 Å². The van der Waals surface area contributed by atoms with Gasteiger partial charge in [0.2, 0.25) is 0 Å². The standard InChI is InChI=1S/C26H24N2OS/c1-18-9-11-19(12-10-18)20-15-21(17-22(16-20)25-27-13-14-30-25)24(29)28-26(2,3)23-7-5-4-6-8-23/h4-17H,1-3H3,(H,28,29). The van der Waals surface area contributed by atoms with Crippen molar-refractivity contribution >= 4 is 17.2 Å². The number of aromatic nitrogens is 1. The zero-order valence-electron chi connectivity index (χ0n) is 17.3. The lowest BCUT2D eigenvalue weighted by molar-refractivity contribution is 0.0912. The Balaban J connectivity index is 1.73. The summed E-state index contributed by atoms with van der Waals surface area (Å²) in [6.45, 7) is 6.11. The summed E-state index contributed by atoms with van der Waals surface area (Å²) in [5.41, 5.74) is 5.44. The van der Waals surface area contributed by atoms with Gasteiger partial charge < -0.3 is 5.32 Å². The minimum absolute atomic E-state index is 0.101. The Kier molecular flexibility index (Phi) is 5.51. The molecule has 0 atom stereocenters. The molecule has 1 aromatic heterocycles. The monoisotopic (exact) mass is 412 g/mol. The highest BCUT2D eigenvalue weighted by Crippen LogP contribution is 2.30. The highest BCUT2D eigenvalue weighted by molar-refractivity contribution is 7.13. The van der Waals surface area contributed by atoms with Gasteiger partial charge >= 0.3 is 0 Å². The Hall–Kier alpha value is -3.24. The van der Waals surface area contributed by atoms with E-state index in [9.17, 15) is 4.79 Å². The van der Waals surface area contributed by atoms with Gasteiger partial charge in [-0.05, 0) is 55.7 Å². The third kappa shape index (κ3) is 4.34. The van der Waals surface area contributed by atoms with Crippen molar-refractivity contribution in [3.8, 4) is 21.7 Å². The molecule has 0 fully saturated rings. The highest BCUT2D eigenvalue weighted by Gasteiger charge is 2.24. The van der Waals surface area contributed by atoms with Crippen LogP contribution in [-0.2, 0) is 5.54 Å². The summed E-state index contributed by atoms with van der Waals surface area (Å²) in [7, 11) is 0. The Morgan fingerprint density at radius 2 is 1.60 bits per heavy atom. The quantitative estimate of drug-likeness (QED) is 0.409. The van der Waals surface area contributed by atoms with Crippen LogP contribution in [-0.4, -0.2) is 10.9 Å². The Labute approximate surface area is 181 Å². The molecule has 0 aliphatic carbocycles. The van der Waals surface area contributed by atoms with E-state index in [-0.39, 0.29) is 5.91 Å². The van der Waals surface area contributed by atoms with E-state index in [2.05, 4.69) is 47.6 Å². The van der Waals surface area contributed by atoms with E-state index in [1.807, 2.05) is 61.7 Å². The number of nitrogens with zero attached hydrogens (tertiary/aromatic N) is 1. The normalized spacial score (nSPS) is 11.3. The first-order chi connectivity index (χ1) is 14.4. The molecule has 150 valence electrons. The maximum absolute atomic E-state index is 13.3. The largest absolute Gasteiger partial charge is 0.343 e. The number of hydrogen-bond acceptors (Lipinski definition) is 3. The Morgan fingerprint density at radius 3 is 2.27 bits per heavy atom. The van der Waals surface area contributed by atoms with Gasteiger partial charge in [0, 0.05) is 22.7 Å². The average Bonchev–Trinajstić information content (AvgIpc) is 3.29. The van der Waals surface area contributed by atoms with Gasteiger partial charge in [0.15, 0.2) is 0 Å². The van der Waals surface area contributed by atoms with E-state index in [0.29, 0.717) is 5.56 Å². The molecule has 0 bridgehead atoms. The van der Waals surface area contributed by atoms with Crippen LogP contribution in [0.3, 0.4) is 0 Å². The predicted molar refractivity (Wildman–Crippen MR) is 125 cm³/mol. The van der Waals surface area contributed by atoms with Crippen molar-refractivity contribution in [2.24, 2.45) is 0 Å². The van der Waals surface area contributed by atoms with Crippen LogP contribution >= 0.6 is 11.3 Å². The minimum atomic E-state index is -0.487. The number of thiazole rings is 1. The molecule has 1 N–H and O–H groups in total. The number of amides is 1. The molecule has 1 heterocycles. The second kappa shape index (κ2) is 8.25. The Morgan fingerprint density at radius 1 is 0.900 bits per heavy atom.